The Morgan fingerprint density at radius 3 is 2.62 bits per heavy atom. The molecule has 0 aromatic heterocycles. The van der Waals surface area contributed by atoms with Crippen molar-refractivity contribution in [2.24, 2.45) is 0 Å². The zero-order valence-electron chi connectivity index (χ0n) is 13.3. The number of ether oxygens (including phenoxy) is 1. The highest BCUT2D eigenvalue weighted by Crippen LogP contribution is 2.21. The molecule has 0 spiro atoms. The molecule has 2 rings (SSSR count). The number of hydrogen-bond acceptors (Lipinski definition) is 4. The Labute approximate surface area is 128 Å². The second kappa shape index (κ2) is 8.11. The van der Waals surface area contributed by atoms with Gasteiger partial charge in [-0.15, -0.1) is 0 Å². The van der Waals surface area contributed by atoms with Crippen molar-refractivity contribution in [3.63, 3.8) is 0 Å². The molecule has 1 saturated heterocycles. The first-order valence-corrected chi connectivity index (χ1v) is 8.35. The summed E-state index contributed by atoms with van der Waals surface area (Å²) < 4.78 is 5.29. The van der Waals surface area contributed by atoms with Gasteiger partial charge in [0, 0.05) is 51.6 Å². The summed E-state index contributed by atoms with van der Waals surface area (Å²) in [6, 6.07) is 0.385. The minimum absolute atomic E-state index is 0.146. The Bertz CT molecular complexity index is 323. The fourth-order valence-electron chi connectivity index (χ4n) is 3.33. The summed E-state index contributed by atoms with van der Waals surface area (Å²) in [6.45, 7) is 2.58. The summed E-state index contributed by atoms with van der Waals surface area (Å²) in [6.07, 6.45) is 7.91. The van der Waals surface area contributed by atoms with Gasteiger partial charge in [0.2, 0.25) is 5.91 Å². The molecule has 5 heteroatoms. The summed E-state index contributed by atoms with van der Waals surface area (Å²) in [4.78, 5) is 14.0. The van der Waals surface area contributed by atoms with E-state index in [0.29, 0.717) is 51.6 Å². The average molecular weight is 298 g/mol. The third-order valence-corrected chi connectivity index (χ3v) is 4.68. The van der Waals surface area contributed by atoms with Gasteiger partial charge in [0.05, 0.1) is 5.60 Å². The molecule has 2 fully saturated rings. The number of likely N-dealkylation sites (N-methyl/N-ethyl adjacent to an activating group) is 1. The van der Waals surface area contributed by atoms with Crippen LogP contribution in [0.5, 0.6) is 0 Å². The molecule has 1 heterocycles. The second-order valence-corrected chi connectivity index (χ2v) is 6.73. The van der Waals surface area contributed by atoms with Crippen LogP contribution in [0.4, 0.5) is 0 Å². The van der Waals surface area contributed by atoms with E-state index in [2.05, 4.69) is 10.2 Å². The molecule has 2 N–H and O–H groups in total. The molecular weight excluding hydrogens is 268 g/mol. The second-order valence-electron chi connectivity index (χ2n) is 6.73. The van der Waals surface area contributed by atoms with Crippen LogP contribution in [-0.2, 0) is 9.53 Å². The molecule has 0 unspecified atom stereocenters. The Kier molecular flexibility index (Phi) is 6.45. The van der Waals surface area contributed by atoms with E-state index in [-0.39, 0.29) is 5.91 Å². The van der Waals surface area contributed by atoms with Crippen molar-refractivity contribution in [3.8, 4) is 0 Å². The van der Waals surface area contributed by atoms with Crippen LogP contribution < -0.4 is 5.32 Å². The van der Waals surface area contributed by atoms with Gasteiger partial charge in [-0.1, -0.05) is 19.3 Å². The van der Waals surface area contributed by atoms with Gasteiger partial charge < -0.3 is 20.1 Å². The lowest BCUT2D eigenvalue weighted by Gasteiger charge is -2.35. The third-order valence-electron chi connectivity index (χ3n) is 4.68. The molecule has 21 heavy (non-hydrogen) atoms. The fourth-order valence-corrected chi connectivity index (χ4v) is 3.33. The van der Waals surface area contributed by atoms with Crippen molar-refractivity contribution in [1.29, 1.82) is 0 Å². The minimum Gasteiger partial charge on any atom is -0.388 e. The van der Waals surface area contributed by atoms with Crippen molar-refractivity contribution in [2.75, 3.05) is 33.4 Å². The van der Waals surface area contributed by atoms with Gasteiger partial charge in [-0.3, -0.25) is 4.79 Å². The number of amides is 1. The van der Waals surface area contributed by atoms with Gasteiger partial charge in [-0.25, -0.2) is 0 Å². The summed E-state index contributed by atoms with van der Waals surface area (Å²) in [5, 5.41) is 13.6. The SMILES string of the molecule is CN(CCC(=O)NC1CCCCC1)CC1(O)CCOCC1. The molecule has 1 aliphatic heterocycles. The average Bonchev–Trinajstić information content (AvgIpc) is 2.46. The fraction of sp³-hybridized carbons (Fsp3) is 0.938. The minimum atomic E-state index is -0.646. The van der Waals surface area contributed by atoms with Crippen LogP contribution in [0, 0.1) is 0 Å². The van der Waals surface area contributed by atoms with Crippen molar-refractivity contribution in [2.45, 2.75) is 63.0 Å². The molecule has 1 amide bonds. The van der Waals surface area contributed by atoms with Crippen LogP contribution in [0.25, 0.3) is 0 Å². The maximum atomic E-state index is 12.0. The molecule has 2 aliphatic rings. The Morgan fingerprint density at radius 1 is 1.29 bits per heavy atom. The first kappa shape index (κ1) is 16.7. The predicted octanol–water partition coefficient (Wildman–Crippen LogP) is 1.30. The predicted molar refractivity (Wildman–Crippen MR) is 82.1 cm³/mol. The molecule has 122 valence electrons. The zero-order chi connectivity index (χ0) is 15.1. The first-order valence-electron chi connectivity index (χ1n) is 8.35. The molecule has 0 radical (unpaired) electrons. The number of nitrogens with one attached hydrogen (secondary N) is 1. The van der Waals surface area contributed by atoms with E-state index >= 15 is 0 Å². The van der Waals surface area contributed by atoms with Gasteiger partial charge in [0.25, 0.3) is 0 Å². The number of carbonyl (C=O) groups excluding carboxylic acids is 1. The summed E-state index contributed by atoms with van der Waals surface area (Å²) in [7, 11) is 1.97. The first-order chi connectivity index (χ1) is 10.1. The molecule has 5 nitrogen and oxygen atoms in total. The van der Waals surface area contributed by atoms with E-state index in [4.69, 9.17) is 4.74 Å². The monoisotopic (exact) mass is 298 g/mol. The lowest BCUT2D eigenvalue weighted by atomic mass is 9.94. The Balaban J connectivity index is 1.63. The summed E-state index contributed by atoms with van der Waals surface area (Å²) in [5.74, 6) is 0.146. The molecule has 0 bridgehead atoms. The van der Waals surface area contributed by atoms with E-state index in [1.165, 1.54) is 19.3 Å². The van der Waals surface area contributed by atoms with Crippen LogP contribution in [0.3, 0.4) is 0 Å². The quantitative estimate of drug-likeness (QED) is 0.776. The third kappa shape index (κ3) is 5.93. The van der Waals surface area contributed by atoms with Gasteiger partial charge in [-0.05, 0) is 19.9 Å². The molecule has 1 saturated carbocycles. The lowest BCUT2D eigenvalue weighted by Crippen LogP contribution is -2.46. The van der Waals surface area contributed by atoms with Gasteiger partial charge in [-0.2, -0.15) is 0 Å². The number of aliphatic hydroxyl groups is 1. The van der Waals surface area contributed by atoms with Crippen LogP contribution in [0.1, 0.15) is 51.4 Å². The summed E-state index contributed by atoms with van der Waals surface area (Å²) >= 11 is 0. The number of nitrogens with zero attached hydrogens (tertiary/aromatic N) is 1. The van der Waals surface area contributed by atoms with E-state index < -0.39 is 5.60 Å². The van der Waals surface area contributed by atoms with Crippen LogP contribution in [0.2, 0.25) is 0 Å². The van der Waals surface area contributed by atoms with Crippen LogP contribution in [0.15, 0.2) is 0 Å². The summed E-state index contributed by atoms with van der Waals surface area (Å²) in [5.41, 5.74) is -0.646. The van der Waals surface area contributed by atoms with Crippen LogP contribution >= 0.6 is 0 Å². The molecule has 1 aliphatic carbocycles. The normalized spacial score (nSPS) is 23.2. The molecular formula is C16H30N2O3. The standard InChI is InChI=1S/C16H30N2O3/c1-18(13-16(20)8-11-21-12-9-16)10-7-15(19)17-14-5-3-2-4-6-14/h14,20H,2-13H2,1H3,(H,17,19). The van der Waals surface area contributed by atoms with E-state index in [0.717, 1.165) is 12.8 Å². The topological polar surface area (TPSA) is 61.8 Å². The highest BCUT2D eigenvalue weighted by molar-refractivity contribution is 5.76. The number of rotatable bonds is 6. The van der Waals surface area contributed by atoms with E-state index in [1.807, 2.05) is 7.05 Å². The van der Waals surface area contributed by atoms with Gasteiger partial charge >= 0.3 is 0 Å². The number of hydrogen-bond donors (Lipinski definition) is 2. The Morgan fingerprint density at radius 2 is 1.95 bits per heavy atom. The smallest absolute Gasteiger partial charge is 0.221 e. The molecule has 0 aromatic carbocycles. The Hall–Kier alpha value is -0.650. The van der Waals surface area contributed by atoms with Crippen molar-refractivity contribution in [1.82, 2.24) is 10.2 Å². The van der Waals surface area contributed by atoms with Gasteiger partial charge in [0.1, 0.15) is 0 Å². The molecule has 0 aromatic rings. The van der Waals surface area contributed by atoms with Gasteiger partial charge in [0.15, 0.2) is 0 Å². The van der Waals surface area contributed by atoms with Crippen molar-refractivity contribution >= 4 is 5.91 Å². The van der Waals surface area contributed by atoms with Crippen molar-refractivity contribution in [3.05, 3.63) is 0 Å². The van der Waals surface area contributed by atoms with E-state index in [1.54, 1.807) is 0 Å². The number of carbonyl (C=O) groups is 1. The lowest BCUT2D eigenvalue weighted by molar-refractivity contribution is -0.122. The highest BCUT2D eigenvalue weighted by atomic mass is 16.5. The van der Waals surface area contributed by atoms with E-state index in [9.17, 15) is 9.90 Å². The van der Waals surface area contributed by atoms with Crippen LogP contribution in [-0.4, -0.2) is 60.9 Å². The van der Waals surface area contributed by atoms with Crippen molar-refractivity contribution < 1.29 is 14.6 Å². The zero-order valence-corrected chi connectivity index (χ0v) is 13.3. The largest absolute Gasteiger partial charge is 0.388 e. The highest BCUT2D eigenvalue weighted by Gasteiger charge is 2.31. The maximum absolute atomic E-state index is 12.0. The maximum Gasteiger partial charge on any atom is 0.221 e. The molecule has 0 atom stereocenters.